The first-order valence-electron chi connectivity index (χ1n) is 9.17. The summed E-state index contributed by atoms with van der Waals surface area (Å²) in [7, 11) is 1.87. The van der Waals surface area contributed by atoms with Gasteiger partial charge in [0.25, 0.3) is 5.91 Å². The molecule has 0 bridgehead atoms. The predicted octanol–water partition coefficient (Wildman–Crippen LogP) is 3.24. The Balaban J connectivity index is 1.44. The van der Waals surface area contributed by atoms with Crippen molar-refractivity contribution in [1.82, 2.24) is 24.8 Å². The number of thiophene rings is 1. The maximum absolute atomic E-state index is 13.0. The molecular formula is C19H23N5O2S. The summed E-state index contributed by atoms with van der Waals surface area (Å²) in [6, 6.07) is 1.98. The normalized spacial score (nSPS) is 17.4. The summed E-state index contributed by atoms with van der Waals surface area (Å²) in [6.45, 7) is 5.33. The number of aromatic nitrogens is 4. The third kappa shape index (κ3) is 3.53. The van der Waals surface area contributed by atoms with Gasteiger partial charge in [-0.1, -0.05) is 5.16 Å². The lowest BCUT2D eigenvalue weighted by Crippen LogP contribution is -2.41. The number of hydrogen-bond acceptors (Lipinski definition) is 6. The molecule has 0 aromatic carbocycles. The van der Waals surface area contributed by atoms with Gasteiger partial charge in [-0.2, -0.15) is 21.4 Å². The lowest BCUT2D eigenvalue weighted by atomic mass is 9.94. The summed E-state index contributed by atoms with van der Waals surface area (Å²) in [6.07, 6.45) is 2.75. The molecule has 1 aliphatic rings. The second-order valence-corrected chi connectivity index (χ2v) is 7.94. The average Bonchev–Trinajstić information content (AvgIpc) is 3.37. The van der Waals surface area contributed by atoms with Crippen LogP contribution in [0.15, 0.2) is 21.3 Å². The van der Waals surface area contributed by atoms with Gasteiger partial charge in [-0.3, -0.25) is 9.48 Å². The Morgan fingerprint density at radius 1 is 1.41 bits per heavy atom. The van der Waals surface area contributed by atoms with E-state index in [-0.39, 0.29) is 5.91 Å². The molecule has 0 saturated carbocycles. The van der Waals surface area contributed by atoms with E-state index < -0.39 is 0 Å². The predicted molar refractivity (Wildman–Crippen MR) is 103 cm³/mol. The first-order valence-corrected chi connectivity index (χ1v) is 10.1. The van der Waals surface area contributed by atoms with Crippen LogP contribution in [0.4, 0.5) is 0 Å². The van der Waals surface area contributed by atoms with Crippen LogP contribution in [0.3, 0.4) is 0 Å². The fourth-order valence-electron chi connectivity index (χ4n) is 3.75. The Hall–Kier alpha value is -2.48. The quantitative estimate of drug-likeness (QED) is 0.689. The molecule has 1 atom stereocenters. The third-order valence-corrected chi connectivity index (χ3v) is 5.92. The van der Waals surface area contributed by atoms with Crippen molar-refractivity contribution < 1.29 is 9.32 Å². The van der Waals surface area contributed by atoms with Gasteiger partial charge in [-0.05, 0) is 44.1 Å². The Kier molecular flexibility index (Phi) is 4.82. The van der Waals surface area contributed by atoms with Gasteiger partial charge in [0.2, 0.25) is 11.7 Å². The minimum atomic E-state index is 0.0762. The highest BCUT2D eigenvalue weighted by Gasteiger charge is 2.29. The van der Waals surface area contributed by atoms with Gasteiger partial charge in [-0.25, -0.2) is 0 Å². The highest BCUT2D eigenvalue weighted by molar-refractivity contribution is 7.08. The maximum Gasteiger partial charge on any atom is 0.257 e. The second kappa shape index (κ2) is 7.26. The molecule has 8 heteroatoms. The molecule has 4 rings (SSSR count). The van der Waals surface area contributed by atoms with E-state index >= 15 is 0 Å². The van der Waals surface area contributed by atoms with Crippen molar-refractivity contribution in [3.05, 3.63) is 39.7 Å². The van der Waals surface area contributed by atoms with Gasteiger partial charge < -0.3 is 9.42 Å². The number of aryl methyl sites for hydroxylation is 2. The van der Waals surface area contributed by atoms with Crippen LogP contribution in [0.2, 0.25) is 0 Å². The van der Waals surface area contributed by atoms with Gasteiger partial charge in [0.1, 0.15) is 0 Å². The van der Waals surface area contributed by atoms with E-state index in [1.165, 1.54) is 0 Å². The number of nitrogens with zero attached hydrogens (tertiary/aromatic N) is 5. The molecule has 0 N–H and O–H groups in total. The van der Waals surface area contributed by atoms with Gasteiger partial charge in [0, 0.05) is 43.2 Å². The first kappa shape index (κ1) is 17.9. The minimum absolute atomic E-state index is 0.0762. The SMILES string of the molecule is Cc1nn(C)c(C)c1C(=O)N1CCCC(Cc2nc(-c3ccsc3)no2)C1. The molecule has 142 valence electrons. The third-order valence-electron chi connectivity index (χ3n) is 5.24. The zero-order valence-electron chi connectivity index (χ0n) is 15.8. The van der Waals surface area contributed by atoms with Crippen molar-refractivity contribution in [3.8, 4) is 11.4 Å². The van der Waals surface area contributed by atoms with E-state index in [1.807, 2.05) is 42.6 Å². The molecule has 1 aliphatic heterocycles. The standard InChI is InChI=1S/C19H23N5O2S/c1-12-17(13(2)23(3)21-12)19(25)24-7-4-5-14(10-24)9-16-20-18(22-26-16)15-6-8-27-11-15/h6,8,11,14H,4-5,7,9-10H2,1-3H3. The van der Waals surface area contributed by atoms with Gasteiger partial charge in [0.15, 0.2) is 0 Å². The van der Waals surface area contributed by atoms with Crippen LogP contribution in [0.5, 0.6) is 0 Å². The average molecular weight is 385 g/mol. The molecule has 1 unspecified atom stereocenters. The van der Waals surface area contributed by atoms with Crippen molar-refractivity contribution in [2.45, 2.75) is 33.1 Å². The van der Waals surface area contributed by atoms with Crippen LogP contribution in [0.25, 0.3) is 11.4 Å². The Morgan fingerprint density at radius 3 is 2.96 bits per heavy atom. The molecule has 1 fully saturated rings. The Labute approximate surface area is 162 Å². The lowest BCUT2D eigenvalue weighted by molar-refractivity contribution is 0.0666. The van der Waals surface area contributed by atoms with Crippen LogP contribution in [-0.4, -0.2) is 43.8 Å². The number of likely N-dealkylation sites (tertiary alicyclic amines) is 1. The van der Waals surface area contributed by atoms with Crippen LogP contribution in [-0.2, 0) is 13.5 Å². The number of carbonyl (C=O) groups is 1. The van der Waals surface area contributed by atoms with Crippen molar-refractivity contribution in [2.24, 2.45) is 13.0 Å². The molecule has 3 aromatic heterocycles. The monoisotopic (exact) mass is 385 g/mol. The fourth-order valence-corrected chi connectivity index (χ4v) is 4.39. The van der Waals surface area contributed by atoms with Crippen LogP contribution >= 0.6 is 11.3 Å². The summed E-state index contributed by atoms with van der Waals surface area (Å²) in [5.41, 5.74) is 3.42. The zero-order chi connectivity index (χ0) is 19.0. The summed E-state index contributed by atoms with van der Waals surface area (Å²) in [4.78, 5) is 19.5. The Morgan fingerprint density at radius 2 is 2.26 bits per heavy atom. The van der Waals surface area contributed by atoms with E-state index in [9.17, 15) is 4.79 Å². The van der Waals surface area contributed by atoms with E-state index in [4.69, 9.17) is 4.52 Å². The van der Waals surface area contributed by atoms with E-state index in [2.05, 4.69) is 15.2 Å². The van der Waals surface area contributed by atoms with Crippen LogP contribution < -0.4 is 0 Å². The first-order chi connectivity index (χ1) is 13.0. The highest BCUT2D eigenvalue weighted by atomic mass is 32.1. The van der Waals surface area contributed by atoms with Gasteiger partial charge >= 0.3 is 0 Å². The zero-order valence-corrected chi connectivity index (χ0v) is 16.6. The van der Waals surface area contributed by atoms with Crippen LogP contribution in [0.1, 0.15) is 40.5 Å². The topological polar surface area (TPSA) is 77.1 Å². The minimum Gasteiger partial charge on any atom is -0.339 e. The van der Waals surface area contributed by atoms with Crippen molar-refractivity contribution >= 4 is 17.2 Å². The maximum atomic E-state index is 13.0. The van der Waals surface area contributed by atoms with Gasteiger partial charge in [0.05, 0.1) is 11.3 Å². The highest BCUT2D eigenvalue weighted by Crippen LogP contribution is 2.25. The van der Waals surface area contributed by atoms with E-state index in [0.29, 0.717) is 30.6 Å². The second-order valence-electron chi connectivity index (χ2n) is 7.16. The van der Waals surface area contributed by atoms with E-state index in [0.717, 1.165) is 41.9 Å². The molecular weight excluding hydrogens is 362 g/mol. The smallest absolute Gasteiger partial charge is 0.257 e. The van der Waals surface area contributed by atoms with Gasteiger partial charge in [-0.15, -0.1) is 0 Å². The van der Waals surface area contributed by atoms with Crippen molar-refractivity contribution in [3.63, 3.8) is 0 Å². The molecule has 0 spiro atoms. The Bertz CT molecular complexity index is 944. The molecule has 27 heavy (non-hydrogen) atoms. The summed E-state index contributed by atoms with van der Waals surface area (Å²) < 4.78 is 7.21. The molecule has 1 saturated heterocycles. The molecule has 3 aromatic rings. The van der Waals surface area contributed by atoms with E-state index in [1.54, 1.807) is 16.0 Å². The van der Waals surface area contributed by atoms with Crippen molar-refractivity contribution in [2.75, 3.05) is 13.1 Å². The number of carbonyl (C=O) groups excluding carboxylic acids is 1. The van der Waals surface area contributed by atoms with Crippen LogP contribution in [0, 0.1) is 19.8 Å². The summed E-state index contributed by atoms with van der Waals surface area (Å²) in [5.74, 6) is 1.68. The largest absolute Gasteiger partial charge is 0.339 e. The molecule has 0 aliphatic carbocycles. The summed E-state index contributed by atoms with van der Waals surface area (Å²) >= 11 is 1.61. The number of piperidine rings is 1. The van der Waals surface area contributed by atoms with Crippen molar-refractivity contribution in [1.29, 1.82) is 0 Å². The number of amides is 1. The molecule has 0 radical (unpaired) electrons. The molecule has 4 heterocycles. The molecule has 1 amide bonds. The number of rotatable bonds is 4. The molecule has 7 nitrogen and oxygen atoms in total. The number of hydrogen-bond donors (Lipinski definition) is 0. The lowest BCUT2D eigenvalue weighted by Gasteiger charge is -2.32. The fraction of sp³-hybridized carbons (Fsp3) is 0.474. The summed E-state index contributed by atoms with van der Waals surface area (Å²) in [5, 5.41) is 12.5.